The van der Waals surface area contributed by atoms with Crippen LogP contribution in [0, 0.1) is 0 Å². The van der Waals surface area contributed by atoms with Crippen LogP contribution in [0.1, 0.15) is 60.9 Å². The van der Waals surface area contributed by atoms with Crippen LogP contribution in [0.5, 0.6) is 0 Å². The minimum atomic E-state index is -0.169. The number of piperidine rings is 2. The summed E-state index contributed by atoms with van der Waals surface area (Å²) in [6, 6.07) is 12.5. The van der Waals surface area contributed by atoms with Crippen LogP contribution < -0.4 is 10.6 Å². The predicted octanol–water partition coefficient (Wildman–Crippen LogP) is 4.41. The van der Waals surface area contributed by atoms with Crippen LogP contribution in [0.4, 0.5) is 4.79 Å². The zero-order chi connectivity index (χ0) is 26.2. The van der Waals surface area contributed by atoms with Crippen LogP contribution in [0.25, 0.3) is 10.9 Å². The summed E-state index contributed by atoms with van der Waals surface area (Å²) in [4.78, 5) is 34.4. The molecule has 2 N–H and O–H groups in total. The number of amides is 3. The van der Waals surface area contributed by atoms with Crippen LogP contribution in [0.15, 0.2) is 55.0 Å². The van der Waals surface area contributed by atoms with Crippen molar-refractivity contribution in [2.24, 2.45) is 0 Å². The molecule has 0 radical (unpaired) electrons. The minimum absolute atomic E-state index is 0.156. The minimum Gasteiger partial charge on any atom is -0.347 e. The lowest BCUT2D eigenvalue weighted by molar-refractivity contribution is 0.0591. The van der Waals surface area contributed by atoms with E-state index in [0.717, 1.165) is 67.3 Å². The summed E-state index contributed by atoms with van der Waals surface area (Å²) >= 11 is 0. The van der Waals surface area contributed by atoms with E-state index in [-0.39, 0.29) is 11.9 Å². The second-order valence-corrected chi connectivity index (χ2v) is 10.6. The molecule has 0 bridgehead atoms. The van der Waals surface area contributed by atoms with Gasteiger partial charge in [0.05, 0.1) is 5.56 Å². The third-order valence-corrected chi connectivity index (χ3v) is 7.96. The largest absolute Gasteiger partial charge is 0.347 e. The number of urea groups is 1. The molecule has 202 valence electrons. The summed E-state index contributed by atoms with van der Waals surface area (Å²) in [7, 11) is 0. The number of hydrogen-bond donors (Lipinski definition) is 2. The van der Waals surface area contributed by atoms with E-state index in [0.29, 0.717) is 19.1 Å². The van der Waals surface area contributed by atoms with E-state index >= 15 is 0 Å². The van der Waals surface area contributed by atoms with Crippen LogP contribution >= 0.6 is 0 Å². The molecule has 1 aromatic carbocycles. The highest BCUT2D eigenvalue weighted by Crippen LogP contribution is 2.26. The van der Waals surface area contributed by atoms with Crippen LogP contribution in [0.2, 0.25) is 0 Å². The number of nitrogens with zero attached hydrogens (tertiary/aromatic N) is 4. The number of para-hydroxylation sites is 1. The summed E-state index contributed by atoms with van der Waals surface area (Å²) in [6.07, 6.45) is 13.4. The van der Waals surface area contributed by atoms with Crippen LogP contribution in [-0.4, -0.2) is 70.1 Å². The molecule has 2 aliphatic heterocycles. The van der Waals surface area contributed by atoms with Gasteiger partial charge in [0.2, 0.25) is 0 Å². The lowest BCUT2D eigenvalue weighted by Crippen LogP contribution is -2.48. The van der Waals surface area contributed by atoms with Crippen molar-refractivity contribution in [2.45, 2.75) is 64.1 Å². The maximum Gasteiger partial charge on any atom is 0.315 e. The molecule has 2 aliphatic rings. The number of carbonyl (C=O) groups excluding carboxylic acids is 2. The Labute approximate surface area is 225 Å². The number of hydrogen-bond acceptors (Lipinski definition) is 4. The first-order chi connectivity index (χ1) is 18.7. The van der Waals surface area contributed by atoms with Crippen molar-refractivity contribution in [3.63, 3.8) is 0 Å². The summed E-state index contributed by atoms with van der Waals surface area (Å²) in [6.45, 7) is 6.00. The van der Waals surface area contributed by atoms with E-state index in [9.17, 15) is 9.59 Å². The second kappa shape index (κ2) is 12.9. The Hall–Kier alpha value is -3.39. The fourth-order valence-corrected chi connectivity index (χ4v) is 5.85. The maximum absolute atomic E-state index is 13.6. The molecule has 0 spiro atoms. The third-order valence-electron chi connectivity index (χ3n) is 7.96. The highest BCUT2D eigenvalue weighted by Gasteiger charge is 2.29. The first kappa shape index (κ1) is 26.2. The lowest BCUT2D eigenvalue weighted by Gasteiger charge is -2.40. The maximum atomic E-state index is 13.6. The van der Waals surface area contributed by atoms with Crippen molar-refractivity contribution >= 4 is 22.8 Å². The average molecular weight is 517 g/mol. The van der Waals surface area contributed by atoms with Gasteiger partial charge in [-0.05, 0) is 69.3 Å². The normalized spacial score (nSPS) is 17.0. The van der Waals surface area contributed by atoms with Crippen molar-refractivity contribution in [3.8, 4) is 0 Å². The zero-order valence-corrected chi connectivity index (χ0v) is 22.3. The quantitative estimate of drug-likeness (QED) is 0.413. The molecular weight excluding hydrogens is 476 g/mol. The SMILES string of the molecule is O=C(NCCCCn1cc(C(=O)N2CCC(N3CCCCC3)CC2)c2ccccc21)NCc1cccnc1. The van der Waals surface area contributed by atoms with Crippen molar-refractivity contribution in [2.75, 3.05) is 32.7 Å². The van der Waals surface area contributed by atoms with Gasteiger partial charge >= 0.3 is 6.03 Å². The number of aryl methyl sites for hydroxylation is 1. The fourth-order valence-electron chi connectivity index (χ4n) is 5.85. The van der Waals surface area contributed by atoms with E-state index < -0.39 is 0 Å². The number of fused-ring (bicyclic) bond motifs is 1. The van der Waals surface area contributed by atoms with Crippen LogP contribution in [0.3, 0.4) is 0 Å². The van der Waals surface area contributed by atoms with Gasteiger partial charge in [-0.2, -0.15) is 0 Å². The molecule has 5 rings (SSSR count). The molecule has 0 atom stereocenters. The Morgan fingerprint density at radius 3 is 2.53 bits per heavy atom. The summed E-state index contributed by atoms with van der Waals surface area (Å²) < 4.78 is 2.20. The Morgan fingerprint density at radius 2 is 1.74 bits per heavy atom. The van der Waals surface area contributed by atoms with Crippen LogP contribution in [-0.2, 0) is 13.1 Å². The first-order valence-corrected chi connectivity index (χ1v) is 14.2. The van der Waals surface area contributed by atoms with Gasteiger partial charge in [-0.3, -0.25) is 9.78 Å². The number of carbonyl (C=O) groups is 2. The van der Waals surface area contributed by atoms with Crippen molar-refractivity contribution in [3.05, 3.63) is 66.1 Å². The average Bonchev–Trinajstić information content (AvgIpc) is 3.35. The Balaban J connectivity index is 1.10. The highest BCUT2D eigenvalue weighted by atomic mass is 16.2. The molecule has 3 amide bonds. The fraction of sp³-hybridized carbons (Fsp3) is 0.500. The Bertz CT molecular complexity index is 1200. The third kappa shape index (κ3) is 6.54. The summed E-state index contributed by atoms with van der Waals surface area (Å²) in [5.74, 6) is 0.156. The monoisotopic (exact) mass is 516 g/mol. The Kier molecular flexibility index (Phi) is 8.91. The molecule has 2 fully saturated rings. The number of rotatable bonds is 9. The first-order valence-electron chi connectivity index (χ1n) is 14.2. The summed E-state index contributed by atoms with van der Waals surface area (Å²) in [5.41, 5.74) is 2.88. The van der Waals surface area contributed by atoms with E-state index in [4.69, 9.17) is 0 Å². The molecule has 8 nitrogen and oxygen atoms in total. The van der Waals surface area contributed by atoms with Gasteiger partial charge in [0, 0.05) is 68.3 Å². The topological polar surface area (TPSA) is 82.5 Å². The van der Waals surface area contributed by atoms with Gasteiger partial charge in [-0.25, -0.2) is 4.79 Å². The van der Waals surface area contributed by atoms with Crippen molar-refractivity contribution in [1.29, 1.82) is 0 Å². The molecule has 2 saturated heterocycles. The zero-order valence-electron chi connectivity index (χ0n) is 22.3. The molecule has 0 unspecified atom stereocenters. The number of likely N-dealkylation sites (tertiary alicyclic amines) is 2. The van der Waals surface area contributed by atoms with Gasteiger partial charge in [0.25, 0.3) is 5.91 Å². The molecule has 38 heavy (non-hydrogen) atoms. The van der Waals surface area contributed by atoms with Gasteiger partial charge in [0.1, 0.15) is 0 Å². The molecule has 8 heteroatoms. The van der Waals surface area contributed by atoms with Gasteiger partial charge in [-0.15, -0.1) is 0 Å². The number of pyridine rings is 1. The number of unbranched alkanes of at least 4 members (excludes halogenated alkanes) is 1. The molecule has 0 aliphatic carbocycles. The molecule has 0 saturated carbocycles. The molecule has 3 aromatic rings. The molecule has 4 heterocycles. The molecule has 2 aromatic heterocycles. The van der Waals surface area contributed by atoms with Gasteiger partial charge in [-0.1, -0.05) is 30.7 Å². The highest BCUT2D eigenvalue weighted by molar-refractivity contribution is 6.07. The number of benzene rings is 1. The van der Waals surface area contributed by atoms with E-state index in [1.165, 1.54) is 32.4 Å². The van der Waals surface area contributed by atoms with E-state index in [1.807, 2.05) is 30.5 Å². The number of aromatic nitrogens is 2. The summed E-state index contributed by atoms with van der Waals surface area (Å²) in [5, 5.41) is 6.82. The van der Waals surface area contributed by atoms with E-state index in [1.54, 1.807) is 12.4 Å². The Morgan fingerprint density at radius 1 is 0.921 bits per heavy atom. The number of nitrogens with one attached hydrogen (secondary N) is 2. The smallest absolute Gasteiger partial charge is 0.315 e. The molecular formula is C30H40N6O2. The van der Waals surface area contributed by atoms with Crippen molar-refractivity contribution in [1.82, 2.24) is 30.0 Å². The van der Waals surface area contributed by atoms with Crippen molar-refractivity contribution < 1.29 is 9.59 Å². The van der Waals surface area contributed by atoms with E-state index in [2.05, 4.69) is 42.1 Å². The predicted molar refractivity (Wildman–Crippen MR) is 150 cm³/mol. The van der Waals surface area contributed by atoms with Gasteiger partial charge < -0.3 is 25.0 Å². The second-order valence-electron chi connectivity index (χ2n) is 10.6. The standard InChI is InChI=1S/C30H40N6O2/c37-29(35-19-12-25(13-20-35)34-16-5-1-6-17-34)27-23-36(28-11-3-2-10-26(27)28)18-7-4-15-32-30(38)33-22-24-9-8-14-31-21-24/h2-3,8-11,14,21,23,25H,1,4-7,12-13,15-20,22H2,(H2,32,33,38). The van der Waals surface area contributed by atoms with Gasteiger partial charge in [0.15, 0.2) is 0 Å². The lowest BCUT2D eigenvalue weighted by atomic mass is 9.99.